The molecule has 0 N–H and O–H groups in total. The van der Waals surface area contributed by atoms with E-state index in [2.05, 4.69) is 44.9 Å². The maximum atomic E-state index is 12.8. The molecule has 2 aliphatic heterocycles. The van der Waals surface area contributed by atoms with Crippen LogP contribution in [0.2, 0.25) is 0 Å². The lowest BCUT2D eigenvalue weighted by molar-refractivity contribution is -0.0205. The second kappa shape index (κ2) is 6.02. The lowest BCUT2D eigenvalue weighted by atomic mass is 9.85. The van der Waals surface area contributed by atoms with Gasteiger partial charge in [0.1, 0.15) is 11.2 Å². The van der Waals surface area contributed by atoms with Gasteiger partial charge in [-0.2, -0.15) is 0 Å². The highest BCUT2D eigenvalue weighted by molar-refractivity contribution is 9.10. The number of pyridine rings is 1. The Balaban J connectivity index is 1.79. The van der Waals surface area contributed by atoms with Gasteiger partial charge in [-0.3, -0.25) is 0 Å². The molecule has 0 amide bonds. The van der Waals surface area contributed by atoms with Crippen LogP contribution in [0.5, 0.6) is 5.75 Å². The molecule has 1 aromatic heterocycles. The summed E-state index contributed by atoms with van der Waals surface area (Å²) < 4.78 is 12.4. The molecule has 0 saturated heterocycles. The molecule has 2 unspecified atom stereocenters. The first-order chi connectivity index (χ1) is 12.0. The van der Waals surface area contributed by atoms with Crippen molar-refractivity contribution < 1.29 is 14.3 Å². The minimum atomic E-state index is -0.736. The van der Waals surface area contributed by atoms with E-state index in [1.54, 1.807) is 12.1 Å². The van der Waals surface area contributed by atoms with Crippen molar-refractivity contribution in [2.24, 2.45) is 0 Å². The van der Waals surface area contributed by atoms with E-state index in [0.717, 1.165) is 12.1 Å². The van der Waals surface area contributed by atoms with Crippen LogP contribution in [-0.4, -0.2) is 29.8 Å². The number of halogens is 1. The van der Waals surface area contributed by atoms with Crippen molar-refractivity contribution in [1.82, 2.24) is 4.98 Å². The molecule has 6 heteroatoms. The quantitative estimate of drug-likeness (QED) is 0.489. The van der Waals surface area contributed by atoms with Crippen molar-refractivity contribution in [3.63, 3.8) is 0 Å². The standard InChI is InChI=1S/C19H19BrN2O3/c1-12-11-19(2)22(14-6-4-3-5-13(12)14)9-10-24-15-7-8-16(20)21-17(15)18(23)25-19/h3-8,12H,9-11H2,1-2H3. The van der Waals surface area contributed by atoms with Crippen LogP contribution in [0.4, 0.5) is 5.69 Å². The number of fused-ring (bicyclic) bond motifs is 4. The first-order valence-electron chi connectivity index (χ1n) is 8.37. The van der Waals surface area contributed by atoms with Gasteiger partial charge < -0.3 is 14.4 Å². The summed E-state index contributed by atoms with van der Waals surface area (Å²) in [6.07, 6.45) is 0.721. The number of carbonyl (C=O) groups is 1. The topological polar surface area (TPSA) is 51.7 Å². The van der Waals surface area contributed by atoms with Crippen LogP contribution in [0.3, 0.4) is 0 Å². The fourth-order valence-corrected chi connectivity index (χ4v) is 4.14. The Morgan fingerprint density at radius 2 is 2.08 bits per heavy atom. The number of benzene rings is 1. The minimum absolute atomic E-state index is 0.212. The van der Waals surface area contributed by atoms with E-state index in [0.29, 0.717) is 29.4 Å². The fourth-order valence-electron chi connectivity index (χ4n) is 3.83. The van der Waals surface area contributed by atoms with E-state index in [-0.39, 0.29) is 5.69 Å². The van der Waals surface area contributed by atoms with Crippen LogP contribution in [0.15, 0.2) is 41.0 Å². The van der Waals surface area contributed by atoms with E-state index >= 15 is 0 Å². The van der Waals surface area contributed by atoms with Gasteiger partial charge in [0.05, 0.1) is 6.54 Å². The number of hydrogen-bond acceptors (Lipinski definition) is 5. The van der Waals surface area contributed by atoms with Gasteiger partial charge in [0.25, 0.3) is 0 Å². The second-order valence-electron chi connectivity index (χ2n) is 6.71. The third kappa shape index (κ3) is 2.78. The predicted molar refractivity (Wildman–Crippen MR) is 98.1 cm³/mol. The molecule has 2 aromatic rings. The number of ether oxygens (including phenoxy) is 2. The Morgan fingerprint density at radius 1 is 1.28 bits per heavy atom. The zero-order chi connectivity index (χ0) is 17.6. The summed E-state index contributed by atoms with van der Waals surface area (Å²) >= 11 is 3.31. The number of para-hydroxylation sites is 1. The zero-order valence-corrected chi connectivity index (χ0v) is 15.7. The van der Waals surface area contributed by atoms with Crippen molar-refractivity contribution >= 4 is 27.6 Å². The summed E-state index contributed by atoms with van der Waals surface area (Å²) in [6.45, 7) is 5.22. The Kier molecular flexibility index (Phi) is 3.95. The number of carbonyl (C=O) groups excluding carboxylic acids is 1. The molecule has 2 atom stereocenters. The molecule has 4 rings (SSSR count). The molecule has 0 fully saturated rings. The average Bonchev–Trinajstić information content (AvgIpc) is 2.62. The second-order valence-corrected chi connectivity index (χ2v) is 7.52. The fraction of sp³-hybridized carbons (Fsp3) is 0.368. The molecule has 0 radical (unpaired) electrons. The third-order valence-corrected chi connectivity index (χ3v) is 5.36. The van der Waals surface area contributed by atoms with Crippen LogP contribution in [-0.2, 0) is 4.74 Å². The molecule has 5 nitrogen and oxygen atoms in total. The highest BCUT2D eigenvalue weighted by atomic mass is 79.9. The van der Waals surface area contributed by atoms with Crippen LogP contribution in [0.25, 0.3) is 0 Å². The molecule has 0 spiro atoms. The van der Waals surface area contributed by atoms with Gasteiger partial charge >= 0.3 is 5.97 Å². The maximum Gasteiger partial charge on any atom is 0.362 e. The maximum absolute atomic E-state index is 12.8. The Hall–Kier alpha value is -2.08. The van der Waals surface area contributed by atoms with Gasteiger partial charge in [0, 0.05) is 12.1 Å². The molecule has 0 saturated carbocycles. The Bertz CT molecular complexity index is 841. The number of aromatic nitrogens is 1. The summed E-state index contributed by atoms with van der Waals surface area (Å²) in [4.78, 5) is 19.2. The van der Waals surface area contributed by atoms with Crippen LogP contribution in [0.1, 0.15) is 42.2 Å². The van der Waals surface area contributed by atoms with Crippen molar-refractivity contribution in [2.75, 3.05) is 18.1 Å². The number of anilines is 1. The van der Waals surface area contributed by atoms with E-state index < -0.39 is 11.7 Å². The van der Waals surface area contributed by atoms with E-state index in [1.807, 2.05) is 19.1 Å². The first kappa shape index (κ1) is 16.4. The number of nitrogens with zero attached hydrogens (tertiary/aromatic N) is 2. The van der Waals surface area contributed by atoms with Gasteiger partial charge in [0.15, 0.2) is 17.2 Å². The van der Waals surface area contributed by atoms with Crippen LogP contribution in [0, 0.1) is 0 Å². The summed E-state index contributed by atoms with van der Waals surface area (Å²) in [5.41, 5.74) is 1.85. The normalized spacial score (nSPS) is 25.3. The molecule has 0 aliphatic carbocycles. The number of esters is 1. The van der Waals surface area contributed by atoms with Gasteiger partial charge in [-0.15, -0.1) is 0 Å². The molecule has 3 heterocycles. The zero-order valence-electron chi connectivity index (χ0n) is 14.2. The van der Waals surface area contributed by atoms with E-state index in [1.165, 1.54) is 5.56 Å². The third-order valence-electron chi connectivity index (χ3n) is 4.92. The van der Waals surface area contributed by atoms with Crippen molar-refractivity contribution in [2.45, 2.75) is 31.9 Å². The largest absolute Gasteiger partial charge is 0.489 e. The molecule has 25 heavy (non-hydrogen) atoms. The molecule has 0 bridgehead atoms. The summed E-state index contributed by atoms with van der Waals surface area (Å²) in [5, 5.41) is 0. The lowest BCUT2D eigenvalue weighted by Gasteiger charge is -2.47. The van der Waals surface area contributed by atoms with Gasteiger partial charge in [-0.05, 0) is 52.5 Å². The monoisotopic (exact) mass is 402 g/mol. The summed E-state index contributed by atoms with van der Waals surface area (Å²) in [6, 6.07) is 11.8. The number of rotatable bonds is 0. The van der Waals surface area contributed by atoms with Crippen molar-refractivity contribution in [3.8, 4) is 5.75 Å². The first-order valence-corrected chi connectivity index (χ1v) is 9.16. The van der Waals surface area contributed by atoms with Gasteiger partial charge in [-0.1, -0.05) is 25.1 Å². The molecular weight excluding hydrogens is 384 g/mol. The molecule has 1 aromatic carbocycles. The Labute approximate surface area is 155 Å². The highest BCUT2D eigenvalue weighted by Gasteiger charge is 2.44. The minimum Gasteiger partial charge on any atom is -0.489 e. The lowest BCUT2D eigenvalue weighted by Crippen LogP contribution is -2.54. The highest BCUT2D eigenvalue weighted by Crippen LogP contribution is 2.44. The summed E-state index contributed by atoms with van der Waals surface area (Å²) in [5.74, 6) is 0.289. The smallest absolute Gasteiger partial charge is 0.362 e. The molecular formula is C19H19BrN2O3. The van der Waals surface area contributed by atoms with E-state index in [4.69, 9.17) is 9.47 Å². The van der Waals surface area contributed by atoms with Crippen molar-refractivity contribution in [3.05, 3.63) is 52.3 Å². The predicted octanol–water partition coefficient (Wildman–Crippen LogP) is 4.12. The molecule has 130 valence electrons. The Morgan fingerprint density at radius 3 is 2.92 bits per heavy atom. The van der Waals surface area contributed by atoms with Gasteiger partial charge in [0.2, 0.25) is 0 Å². The van der Waals surface area contributed by atoms with Gasteiger partial charge in [-0.25, -0.2) is 9.78 Å². The SMILES string of the molecule is CC1CC2(C)OC(=O)c3nc(Br)ccc3OCCN2c2ccccc21. The van der Waals surface area contributed by atoms with Crippen LogP contribution >= 0.6 is 15.9 Å². The average molecular weight is 403 g/mol. The van der Waals surface area contributed by atoms with Crippen molar-refractivity contribution in [1.29, 1.82) is 0 Å². The van der Waals surface area contributed by atoms with Crippen LogP contribution < -0.4 is 9.64 Å². The molecule has 2 aliphatic rings. The number of hydrogen-bond donors (Lipinski definition) is 0. The van der Waals surface area contributed by atoms with E-state index in [9.17, 15) is 4.79 Å². The summed E-state index contributed by atoms with van der Waals surface area (Å²) in [7, 11) is 0.